The Bertz CT molecular complexity index is 641. The normalized spacial score (nSPS) is 10.5. The van der Waals surface area contributed by atoms with Gasteiger partial charge in [-0.25, -0.2) is 0 Å². The molecule has 0 aliphatic carbocycles. The molecule has 2 rings (SSSR count). The van der Waals surface area contributed by atoms with Gasteiger partial charge in [0.15, 0.2) is 0 Å². The van der Waals surface area contributed by atoms with Crippen LogP contribution in [0.2, 0.25) is 10.0 Å². The van der Waals surface area contributed by atoms with Gasteiger partial charge in [-0.3, -0.25) is 9.78 Å². The van der Waals surface area contributed by atoms with Gasteiger partial charge in [0, 0.05) is 11.8 Å². The lowest BCUT2D eigenvalue weighted by Gasteiger charge is -2.10. The van der Waals surface area contributed by atoms with Gasteiger partial charge in [0.25, 0.3) is 0 Å². The lowest BCUT2D eigenvalue weighted by molar-refractivity contribution is -0.136. The number of carbonyl (C=O) groups is 1. The Balaban J connectivity index is 2.61. The Morgan fingerprint density at radius 2 is 2.11 bits per heavy atom. The molecule has 0 saturated heterocycles. The average Bonchev–Trinajstić information content (AvgIpc) is 2.33. The highest BCUT2D eigenvalue weighted by Gasteiger charge is 2.14. The highest BCUT2D eigenvalue weighted by Crippen LogP contribution is 2.34. The third-order valence-corrected chi connectivity index (χ3v) is 3.47. The molecule has 1 N–H and O–H groups in total. The second kappa shape index (κ2) is 5.59. The number of rotatable bonds is 3. The minimum absolute atomic E-state index is 0.104. The molecule has 2 aromatic rings. The summed E-state index contributed by atoms with van der Waals surface area (Å²) in [6, 6.07) is 7.01. The molecule has 1 heterocycles. The maximum atomic E-state index is 10.9. The molecule has 0 radical (unpaired) electrons. The van der Waals surface area contributed by atoms with Crippen LogP contribution in [0.1, 0.15) is 11.1 Å². The van der Waals surface area contributed by atoms with Crippen LogP contribution in [0.5, 0.6) is 0 Å². The van der Waals surface area contributed by atoms with Crippen LogP contribution >= 0.6 is 23.2 Å². The molecule has 0 saturated carbocycles. The standard InChI is InChI=1S/C14H11Cl2NO2/c1-8-5-9(6-12(18)19)14(17-7-8)10-3-2-4-11(15)13(10)16/h2-5,7H,6H2,1H3,(H,18,19). The Kier molecular flexibility index (Phi) is 4.08. The molecule has 98 valence electrons. The maximum absolute atomic E-state index is 10.9. The van der Waals surface area contributed by atoms with E-state index in [1.54, 1.807) is 30.5 Å². The number of hydrogen-bond acceptors (Lipinski definition) is 2. The second-order valence-corrected chi connectivity index (χ2v) is 4.98. The molecule has 0 spiro atoms. The fourth-order valence-electron chi connectivity index (χ4n) is 1.86. The average molecular weight is 296 g/mol. The molecule has 5 heteroatoms. The van der Waals surface area contributed by atoms with Crippen molar-refractivity contribution in [3.05, 3.63) is 51.6 Å². The molecule has 0 bridgehead atoms. The number of nitrogens with zero attached hydrogens (tertiary/aromatic N) is 1. The van der Waals surface area contributed by atoms with E-state index in [2.05, 4.69) is 4.98 Å². The molecule has 0 amide bonds. The number of aliphatic carboxylic acids is 1. The summed E-state index contributed by atoms with van der Waals surface area (Å²) >= 11 is 12.1. The first kappa shape index (κ1) is 13.8. The SMILES string of the molecule is Cc1cnc(-c2cccc(Cl)c2Cl)c(CC(=O)O)c1. The number of benzene rings is 1. The second-order valence-electron chi connectivity index (χ2n) is 4.19. The molecule has 19 heavy (non-hydrogen) atoms. The third kappa shape index (κ3) is 3.06. The van der Waals surface area contributed by atoms with E-state index in [-0.39, 0.29) is 6.42 Å². The van der Waals surface area contributed by atoms with Crippen LogP contribution < -0.4 is 0 Å². The van der Waals surface area contributed by atoms with Gasteiger partial charge in [-0.1, -0.05) is 41.4 Å². The van der Waals surface area contributed by atoms with Crippen molar-refractivity contribution in [2.75, 3.05) is 0 Å². The summed E-state index contributed by atoms with van der Waals surface area (Å²) in [5.41, 5.74) is 2.72. The fourth-order valence-corrected chi connectivity index (χ4v) is 2.25. The quantitative estimate of drug-likeness (QED) is 0.931. The number of pyridine rings is 1. The molecule has 0 fully saturated rings. The molecule has 0 aliphatic heterocycles. The Morgan fingerprint density at radius 1 is 1.37 bits per heavy atom. The van der Waals surface area contributed by atoms with Crippen LogP contribution in [0.4, 0.5) is 0 Å². The van der Waals surface area contributed by atoms with Gasteiger partial charge in [-0.05, 0) is 24.1 Å². The minimum Gasteiger partial charge on any atom is -0.481 e. The van der Waals surface area contributed by atoms with E-state index in [0.29, 0.717) is 26.9 Å². The molecule has 0 atom stereocenters. The van der Waals surface area contributed by atoms with Gasteiger partial charge in [-0.2, -0.15) is 0 Å². The van der Waals surface area contributed by atoms with E-state index >= 15 is 0 Å². The zero-order chi connectivity index (χ0) is 14.0. The van der Waals surface area contributed by atoms with Gasteiger partial charge in [0.05, 0.1) is 22.2 Å². The van der Waals surface area contributed by atoms with Crippen LogP contribution in [-0.4, -0.2) is 16.1 Å². The maximum Gasteiger partial charge on any atom is 0.307 e. The van der Waals surface area contributed by atoms with E-state index in [1.807, 2.05) is 6.92 Å². The van der Waals surface area contributed by atoms with Crippen molar-refractivity contribution in [3.8, 4) is 11.3 Å². The summed E-state index contributed by atoms with van der Waals surface area (Å²) in [6.07, 6.45) is 1.57. The van der Waals surface area contributed by atoms with Crippen molar-refractivity contribution in [2.45, 2.75) is 13.3 Å². The summed E-state index contributed by atoms with van der Waals surface area (Å²) in [4.78, 5) is 15.2. The first-order valence-corrected chi connectivity index (χ1v) is 6.36. The van der Waals surface area contributed by atoms with Gasteiger partial charge in [0.1, 0.15) is 0 Å². The van der Waals surface area contributed by atoms with Crippen molar-refractivity contribution in [1.82, 2.24) is 4.98 Å². The summed E-state index contributed by atoms with van der Waals surface area (Å²) in [7, 11) is 0. The van der Waals surface area contributed by atoms with E-state index < -0.39 is 5.97 Å². The Hall–Kier alpha value is -1.58. The van der Waals surface area contributed by atoms with Gasteiger partial charge >= 0.3 is 5.97 Å². The van der Waals surface area contributed by atoms with Crippen LogP contribution in [-0.2, 0) is 11.2 Å². The smallest absolute Gasteiger partial charge is 0.307 e. The molecule has 3 nitrogen and oxygen atoms in total. The summed E-state index contributed by atoms with van der Waals surface area (Å²) in [5, 5.41) is 9.77. The summed E-state index contributed by atoms with van der Waals surface area (Å²) in [6.45, 7) is 1.86. The fraction of sp³-hybridized carbons (Fsp3) is 0.143. The van der Waals surface area contributed by atoms with Crippen molar-refractivity contribution in [2.24, 2.45) is 0 Å². The predicted octanol–water partition coefficient (Wildman–Crippen LogP) is 3.99. The lowest BCUT2D eigenvalue weighted by Crippen LogP contribution is -2.04. The topological polar surface area (TPSA) is 50.2 Å². The number of halogens is 2. The molecule has 1 aromatic heterocycles. The molecular weight excluding hydrogens is 285 g/mol. The van der Waals surface area contributed by atoms with Crippen LogP contribution in [0, 0.1) is 6.92 Å². The van der Waals surface area contributed by atoms with Crippen molar-refractivity contribution >= 4 is 29.2 Å². The molecule has 0 unspecified atom stereocenters. The van der Waals surface area contributed by atoms with Gasteiger partial charge < -0.3 is 5.11 Å². The number of hydrogen-bond donors (Lipinski definition) is 1. The number of carboxylic acids is 1. The number of aryl methyl sites for hydroxylation is 1. The van der Waals surface area contributed by atoms with Crippen LogP contribution in [0.3, 0.4) is 0 Å². The third-order valence-electron chi connectivity index (χ3n) is 2.65. The monoisotopic (exact) mass is 295 g/mol. The highest BCUT2D eigenvalue weighted by molar-refractivity contribution is 6.43. The van der Waals surface area contributed by atoms with E-state index in [1.165, 1.54) is 0 Å². The Morgan fingerprint density at radius 3 is 2.79 bits per heavy atom. The van der Waals surface area contributed by atoms with Crippen LogP contribution in [0.15, 0.2) is 30.5 Å². The van der Waals surface area contributed by atoms with Gasteiger partial charge in [0.2, 0.25) is 0 Å². The highest BCUT2D eigenvalue weighted by atomic mass is 35.5. The first-order valence-electron chi connectivity index (χ1n) is 5.60. The summed E-state index contributed by atoms with van der Waals surface area (Å²) in [5.74, 6) is -0.910. The Labute approximate surface area is 120 Å². The van der Waals surface area contributed by atoms with Crippen molar-refractivity contribution < 1.29 is 9.90 Å². The van der Waals surface area contributed by atoms with E-state index in [0.717, 1.165) is 5.56 Å². The number of carboxylic acid groups (broad SMARTS) is 1. The van der Waals surface area contributed by atoms with Crippen LogP contribution in [0.25, 0.3) is 11.3 Å². The zero-order valence-corrected chi connectivity index (χ0v) is 11.7. The predicted molar refractivity (Wildman–Crippen MR) is 75.8 cm³/mol. The molecular formula is C14H11Cl2NO2. The first-order chi connectivity index (χ1) is 8.99. The van der Waals surface area contributed by atoms with Crippen molar-refractivity contribution in [1.29, 1.82) is 0 Å². The van der Waals surface area contributed by atoms with Crippen molar-refractivity contribution in [3.63, 3.8) is 0 Å². The van der Waals surface area contributed by atoms with E-state index in [4.69, 9.17) is 28.3 Å². The van der Waals surface area contributed by atoms with Gasteiger partial charge in [-0.15, -0.1) is 0 Å². The molecule has 0 aliphatic rings. The van der Waals surface area contributed by atoms with E-state index in [9.17, 15) is 4.79 Å². The zero-order valence-electron chi connectivity index (χ0n) is 10.2. The number of aromatic nitrogens is 1. The largest absolute Gasteiger partial charge is 0.481 e. The molecule has 1 aromatic carbocycles. The minimum atomic E-state index is -0.910. The summed E-state index contributed by atoms with van der Waals surface area (Å²) < 4.78 is 0. The lowest BCUT2D eigenvalue weighted by atomic mass is 10.0.